The van der Waals surface area contributed by atoms with Crippen LogP contribution in [0.1, 0.15) is 18.4 Å². The van der Waals surface area contributed by atoms with Gasteiger partial charge in [-0.15, -0.1) is 0 Å². The van der Waals surface area contributed by atoms with Crippen molar-refractivity contribution in [2.75, 3.05) is 13.7 Å². The molecule has 1 aliphatic carbocycles. The average Bonchev–Trinajstić information content (AvgIpc) is 2.90. The van der Waals surface area contributed by atoms with E-state index in [1.807, 2.05) is 12.1 Å². The number of aliphatic hydroxyl groups is 1. The highest BCUT2D eigenvalue weighted by Gasteiger charge is 2.46. The Kier molecular flexibility index (Phi) is 2.57. The zero-order chi connectivity index (χ0) is 11.0. The van der Waals surface area contributed by atoms with Crippen molar-refractivity contribution in [2.45, 2.75) is 12.8 Å². The van der Waals surface area contributed by atoms with Crippen LogP contribution in [-0.2, 0) is 0 Å². The van der Waals surface area contributed by atoms with Crippen molar-refractivity contribution < 1.29 is 14.9 Å². The van der Waals surface area contributed by atoms with Gasteiger partial charge in [0.25, 0.3) is 0 Å². The van der Waals surface area contributed by atoms with Gasteiger partial charge in [0, 0.05) is 6.61 Å². The third-order valence-electron chi connectivity index (χ3n) is 3.36. The number of phenolic OH excluding ortho intramolecular Hbond substituents is 1. The smallest absolute Gasteiger partial charge is 0.160 e. The number of hydrogen-bond donors (Lipinski definition) is 2. The van der Waals surface area contributed by atoms with E-state index in [1.165, 1.54) is 0 Å². The van der Waals surface area contributed by atoms with E-state index in [9.17, 15) is 5.11 Å². The van der Waals surface area contributed by atoms with Crippen LogP contribution in [0.25, 0.3) is 0 Å². The molecule has 3 unspecified atom stereocenters. The molecule has 1 fully saturated rings. The van der Waals surface area contributed by atoms with Crippen molar-refractivity contribution in [2.24, 2.45) is 11.8 Å². The minimum absolute atomic E-state index is 0.162. The maximum atomic E-state index is 9.45. The highest BCUT2D eigenvalue weighted by atomic mass is 16.5. The van der Waals surface area contributed by atoms with E-state index in [1.54, 1.807) is 13.2 Å². The Bertz CT molecular complexity index is 362. The van der Waals surface area contributed by atoms with Crippen LogP contribution in [0.5, 0.6) is 11.5 Å². The number of hydrogen-bond acceptors (Lipinski definition) is 3. The quantitative estimate of drug-likeness (QED) is 0.795. The third kappa shape index (κ3) is 1.67. The summed E-state index contributed by atoms with van der Waals surface area (Å²) in [6, 6.07) is 5.40. The molecule has 82 valence electrons. The summed E-state index contributed by atoms with van der Waals surface area (Å²) in [5, 5.41) is 18.6. The van der Waals surface area contributed by atoms with Gasteiger partial charge in [0.15, 0.2) is 11.5 Å². The van der Waals surface area contributed by atoms with Gasteiger partial charge in [-0.1, -0.05) is 13.0 Å². The van der Waals surface area contributed by atoms with Crippen molar-refractivity contribution in [1.29, 1.82) is 0 Å². The van der Waals surface area contributed by atoms with E-state index in [-0.39, 0.29) is 12.4 Å². The fraction of sp³-hybridized carbons (Fsp3) is 0.500. The number of aliphatic hydroxyl groups excluding tert-OH is 1. The summed E-state index contributed by atoms with van der Waals surface area (Å²) in [5.41, 5.74) is 1.14. The average molecular weight is 208 g/mol. The van der Waals surface area contributed by atoms with Gasteiger partial charge < -0.3 is 14.9 Å². The van der Waals surface area contributed by atoms with Crippen molar-refractivity contribution >= 4 is 0 Å². The predicted molar refractivity (Wildman–Crippen MR) is 57.1 cm³/mol. The van der Waals surface area contributed by atoms with Gasteiger partial charge in [-0.2, -0.15) is 0 Å². The Hall–Kier alpha value is -1.22. The van der Waals surface area contributed by atoms with Gasteiger partial charge in [-0.05, 0) is 35.4 Å². The molecule has 0 aromatic heterocycles. The second-order valence-corrected chi connectivity index (χ2v) is 4.16. The minimum atomic E-state index is 0.162. The Labute approximate surface area is 89.3 Å². The molecular weight excluding hydrogens is 192 g/mol. The molecule has 0 bridgehead atoms. The highest BCUT2D eigenvalue weighted by molar-refractivity contribution is 5.44. The van der Waals surface area contributed by atoms with Crippen LogP contribution in [0.2, 0.25) is 0 Å². The summed E-state index contributed by atoms with van der Waals surface area (Å²) in [4.78, 5) is 0. The lowest BCUT2D eigenvalue weighted by atomic mass is 10.1. The molecule has 0 radical (unpaired) electrons. The van der Waals surface area contributed by atoms with Gasteiger partial charge in [0.1, 0.15) is 0 Å². The summed E-state index contributed by atoms with van der Waals surface area (Å²) >= 11 is 0. The molecule has 15 heavy (non-hydrogen) atoms. The number of methoxy groups -OCH3 is 1. The van der Waals surface area contributed by atoms with Crippen LogP contribution in [0.4, 0.5) is 0 Å². The maximum Gasteiger partial charge on any atom is 0.160 e. The van der Waals surface area contributed by atoms with E-state index >= 15 is 0 Å². The summed E-state index contributed by atoms with van der Waals surface area (Å²) < 4.78 is 5.06. The largest absolute Gasteiger partial charge is 0.504 e. The molecule has 0 spiro atoms. The van der Waals surface area contributed by atoms with Crippen LogP contribution >= 0.6 is 0 Å². The van der Waals surface area contributed by atoms with Crippen molar-refractivity contribution in [3.8, 4) is 11.5 Å². The molecular formula is C12H16O3. The van der Waals surface area contributed by atoms with E-state index in [2.05, 4.69) is 6.92 Å². The number of benzene rings is 1. The number of ether oxygens (including phenoxy) is 1. The fourth-order valence-corrected chi connectivity index (χ4v) is 2.28. The number of aromatic hydroxyl groups is 1. The molecule has 0 heterocycles. The van der Waals surface area contributed by atoms with Crippen LogP contribution < -0.4 is 4.74 Å². The first-order chi connectivity index (χ1) is 7.19. The Balaban J connectivity index is 2.24. The Morgan fingerprint density at radius 2 is 2.13 bits per heavy atom. The second kappa shape index (κ2) is 3.74. The normalized spacial score (nSPS) is 28.9. The Morgan fingerprint density at radius 1 is 1.40 bits per heavy atom. The molecule has 0 aliphatic heterocycles. The topological polar surface area (TPSA) is 49.7 Å². The van der Waals surface area contributed by atoms with E-state index in [0.29, 0.717) is 23.5 Å². The summed E-state index contributed by atoms with van der Waals surface area (Å²) in [5.74, 6) is 1.95. The maximum absolute atomic E-state index is 9.45. The van der Waals surface area contributed by atoms with E-state index in [4.69, 9.17) is 9.84 Å². The van der Waals surface area contributed by atoms with Crippen molar-refractivity contribution in [1.82, 2.24) is 0 Å². The van der Waals surface area contributed by atoms with Crippen LogP contribution in [0.15, 0.2) is 18.2 Å². The lowest BCUT2D eigenvalue weighted by molar-refractivity contribution is 0.268. The molecule has 2 N–H and O–H groups in total. The first kappa shape index (κ1) is 10.3. The van der Waals surface area contributed by atoms with Crippen molar-refractivity contribution in [3.63, 3.8) is 0 Å². The van der Waals surface area contributed by atoms with Gasteiger partial charge >= 0.3 is 0 Å². The number of rotatable bonds is 3. The fourth-order valence-electron chi connectivity index (χ4n) is 2.28. The molecule has 3 heteroatoms. The molecule has 1 aliphatic rings. The van der Waals surface area contributed by atoms with Crippen LogP contribution in [0, 0.1) is 11.8 Å². The monoisotopic (exact) mass is 208 g/mol. The summed E-state index contributed by atoms with van der Waals surface area (Å²) in [6.07, 6.45) is 0. The molecule has 1 aromatic carbocycles. The minimum Gasteiger partial charge on any atom is -0.504 e. The van der Waals surface area contributed by atoms with Crippen molar-refractivity contribution in [3.05, 3.63) is 23.8 Å². The van der Waals surface area contributed by atoms with Gasteiger partial charge in [0.2, 0.25) is 0 Å². The highest BCUT2D eigenvalue weighted by Crippen LogP contribution is 2.54. The number of phenols is 1. The molecule has 3 nitrogen and oxygen atoms in total. The second-order valence-electron chi connectivity index (χ2n) is 4.16. The van der Waals surface area contributed by atoms with Crippen LogP contribution in [0.3, 0.4) is 0 Å². The van der Waals surface area contributed by atoms with E-state index in [0.717, 1.165) is 5.56 Å². The molecule has 2 rings (SSSR count). The molecule has 1 saturated carbocycles. The summed E-state index contributed by atoms with van der Waals surface area (Å²) in [6.45, 7) is 2.36. The third-order valence-corrected chi connectivity index (χ3v) is 3.36. The molecule has 0 amide bonds. The molecule has 3 atom stereocenters. The molecule has 0 saturated heterocycles. The summed E-state index contributed by atoms with van der Waals surface area (Å²) in [7, 11) is 1.54. The SMILES string of the molecule is COc1cc(C2C(C)C2CO)ccc1O. The Morgan fingerprint density at radius 3 is 2.67 bits per heavy atom. The van der Waals surface area contributed by atoms with E-state index < -0.39 is 0 Å². The molecule has 1 aromatic rings. The van der Waals surface area contributed by atoms with Gasteiger partial charge in [-0.3, -0.25) is 0 Å². The lowest BCUT2D eigenvalue weighted by Gasteiger charge is -2.06. The van der Waals surface area contributed by atoms with Gasteiger partial charge in [0.05, 0.1) is 7.11 Å². The zero-order valence-electron chi connectivity index (χ0n) is 8.97. The van der Waals surface area contributed by atoms with Crippen LogP contribution in [-0.4, -0.2) is 23.9 Å². The lowest BCUT2D eigenvalue weighted by Crippen LogP contribution is -1.90. The first-order valence-electron chi connectivity index (χ1n) is 5.16. The predicted octanol–water partition coefficient (Wildman–Crippen LogP) is 1.74. The zero-order valence-corrected chi connectivity index (χ0v) is 8.97. The first-order valence-corrected chi connectivity index (χ1v) is 5.16. The standard InChI is InChI=1S/C12H16O3/c1-7-9(6-13)12(7)8-3-4-10(14)11(5-8)15-2/h3-5,7,9,12-14H,6H2,1-2H3. The van der Waals surface area contributed by atoms with Gasteiger partial charge in [-0.25, -0.2) is 0 Å².